The quantitative estimate of drug-likeness (QED) is 0.386. The number of hydrogen-bond acceptors (Lipinski definition) is 6. The van der Waals surface area contributed by atoms with E-state index in [1.54, 1.807) is 4.57 Å². The average molecular weight is 472 g/mol. The number of para-hydroxylation sites is 1. The van der Waals surface area contributed by atoms with Crippen LogP contribution in [0.2, 0.25) is 0 Å². The number of nitro benzene ring substituents is 1. The monoisotopic (exact) mass is 471 g/mol. The van der Waals surface area contributed by atoms with Gasteiger partial charge < -0.3 is 0 Å². The third-order valence-corrected chi connectivity index (χ3v) is 7.89. The van der Waals surface area contributed by atoms with Gasteiger partial charge in [-0.2, -0.15) is 9.40 Å². The number of hydrogen-bond donors (Lipinski definition) is 0. The fourth-order valence-corrected chi connectivity index (χ4v) is 5.86. The van der Waals surface area contributed by atoms with Crippen LogP contribution in [0, 0.1) is 10.1 Å². The first-order chi connectivity index (χ1) is 15.8. The summed E-state index contributed by atoms with van der Waals surface area (Å²) in [6.07, 6.45) is 0.948. The van der Waals surface area contributed by atoms with Gasteiger partial charge in [-0.15, -0.1) is 0 Å². The molecule has 33 heavy (non-hydrogen) atoms. The molecular weight excluding hydrogens is 446 g/mol. The van der Waals surface area contributed by atoms with Crippen LogP contribution >= 0.6 is 0 Å². The highest BCUT2D eigenvalue weighted by Gasteiger charge is 2.35. The zero-order valence-corrected chi connectivity index (χ0v) is 19.0. The molecule has 10 nitrogen and oxygen atoms in total. The molecule has 1 saturated heterocycles. The lowest BCUT2D eigenvalue weighted by Gasteiger charge is -2.30. The Kier molecular flexibility index (Phi) is 6.43. The van der Waals surface area contributed by atoms with Crippen LogP contribution in [0.15, 0.2) is 64.3 Å². The molecule has 0 bridgehead atoms. The van der Waals surface area contributed by atoms with Crippen molar-refractivity contribution in [1.29, 1.82) is 0 Å². The van der Waals surface area contributed by atoms with Crippen LogP contribution in [0.1, 0.15) is 37.1 Å². The normalized spacial score (nSPS) is 15.5. The summed E-state index contributed by atoms with van der Waals surface area (Å²) in [5.74, 6) is 0.577. The minimum atomic E-state index is -4.01. The number of nitro groups is 1. The second-order valence-corrected chi connectivity index (χ2v) is 9.84. The Hall–Kier alpha value is -3.31. The average Bonchev–Trinajstić information content (AvgIpc) is 3.14. The first kappa shape index (κ1) is 22.9. The zero-order valence-electron chi connectivity index (χ0n) is 18.2. The number of benzene rings is 2. The van der Waals surface area contributed by atoms with E-state index in [1.807, 2.05) is 37.3 Å². The predicted molar refractivity (Wildman–Crippen MR) is 122 cm³/mol. The van der Waals surface area contributed by atoms with E-state index in [1.165, 1.54) is 33.3 Å². The maximum atomic E-state index is 13.1. The summed E-state index contributed by atoms with van der Waals surface area (Å²) >= 11 is 0. The summed E-state index contributed by atoms with van der Waals surface area (Å²) in [5, 5.41) is 15.9. The number of rotatable bonds is 7. The minimum Gasteiger partial charge on any atom is -0.279 e. The van der Waals surface area contributed by atoms with Crippen LogP contribution in [0.5, 0.6) is 0 Å². The highest BCUT2D eigenvalue weighted by Crippen LogP contribution is 2.32. The smallest absolute Gasteiger partial charge is 0.279 e. The molecule has 0 spiro atoms. The molecule has 1 aliphatic rings. The topological polar surface area (TPSA) is 120 Å². The van der Waals surface area contributed by atoms with Crippen molar-refractivity contribution in [1.82, 2.24) is 18.7 Å². The zero-order chi connectivity index (χ0) is 23.6. The lowest BCUT2D eigenvalue weighted by atomic mass is 9.97. The molecular formula is C22H25N5O5S. The molecule has 11 heteroatoms. The van der Waals surface area contributed by atoms with Gasteiger partial charge in [-0.25, -0.2) is 17.9 Å². The summed E-state index contributed by atoms with van der Waals surface area (Å²) in [6.45, 7) is 3.11. The van der Waals surface area contributed by atoms with Gasteiger partial charge in [0.25, 0.3) is 5.69 Å². The Labute approximate surface area is 191 Å². The van der Waals surface area contributed by atoms with E-state index in [4.69, 9.17) is 0 Å². The number of aromatic nitrogens is 3. The van der Waals surface area contributed by atoms with Gasteiger partial charge in [-0.1, -0.05) is 42.5 Å². The van der Waals surface area contributed by atoms with E-state index >= 15 is 0 Å². The van der Waals surface area contributed by atoms with Gasteiger partial charge in [0.15, 0.2) is 4.90 Å². The Bertz CT molecular complexity index is 1310. The van der Waals surface area contributed by atoms with Gasteiger partial charge in [0.2, 0.25) is 10.0 Å². The molecule has 1 fully saturated rings. The first-order valence-corrected chi connectivity index (χ1v) is 12.2. The van der Waals surface area contributed by atoms with Crippen LogP contribution in [-0.2, 0) is 23.1 Å². The van der Waals surface area contributed by atoms with Crippen molar-refractivity contribution in [2.75, 3.05) is 13.1 Å². The molecule has 0 saturated carbocycles. The SMILES string of the molecule is CCn1c(C2CCN(S(=O)(=O)c3ccccc3[N+](=O)[O-])CC2)nn(Cc2ccccc2)c1=O. The van der Waals surface area contributed by atoms with Crippen LogP contribution in [0.4, 0.5) is 5.69 Å². The van der Waals surface area contributed by atoms with Gasteiger partial charge in [0.1, 0.15) is 5.82 Å². The van der Waals surface area contributed by atoms with E-state index in [-0.39, 0.29) is 29.6 Å². The predicted octanol–water partition coefficient (Wildman–Crippen LogP) is 2.59. The Balaban J connectivity index is 1.54. The van der Waals surface area contributed by atoms with Crippen LogP contribution in [-0.4, -0.2) is 45.1 Å². The fraction of sp³-hybridized carbons (Fsp3) is 0.364. The van der Waals surface area contributed by atoms with Gasteiger partial charge in [-0.3, -0.25) is 14.7 Å². The summed E-state index contributed by atoms with van der Waals surface area (Å²) in [4.78, 5) is 23.2. The first-order valence-electron chi connectivity index (χ1n) is 10.8. The van der Waals surface area contributed by atoms with E-state index in [2.05, 4.69) is 5.10 Å². The lowest BCUT2D eigenvalue weighted by molar-refractivity contribution is -0.387. The van der Waals surface area contributed by atoms with Crippen LogP contribution in [0.25, 0.3) is 0 Å². The molecule has 4 rings (SSSR count). The molecule has 0 atom stereocenters. The van der Waals surface area contributed by atoms with Gasteiger partial charge in [0, 0.05) is 31.6 Å². The Morgan fingerprint density at radius 1 is 1.06 bits per heavy atom. The third kappa shape index (κ3) is 4.46. The van der Waals surface area contributed by atoms with E-state index in [0.717, 1.165) is 5.56 Å². The molecule has 0 amide bonds. The molecule has 174 valence electrons. The van der Waals surface area contributed by atoms with Crippen LogP contribution in [0.3, 0.4) is 0 Å². The van der Waals surface area contributed by atoms with Gasteiger partial charge in [0.05, 0.1) is 11.5 Å². The maximum Gasteiger partial charge on any atom is 0.346 e. The molecule has 2 aromatic carbocycles. The molecule has 0 unspecified atom stereocenters. The Morgan fingerprint density at radius 2 is 1.70 bits per heavy atom. The second kappa shape index (κ2) is 9.28. The summed E-state index contributed by atoms with van der Waals surface area (Å²) in [5.41, 5.74) is 0.350. The maximum absolute atomic E-state index is 13.1. The number of sulfonamides is 1. The molecule has 0 N–H and O–H groups in total. The number of piperidine rings is 1. The summed E-state index contributed by atoms with van der Waals surface area (Å²) in [7, 11) is -4.01. The van der Waals surface area contributed by atoms with Crippen molar-refractivity contribution in [3.8, 4) is 0 Å². The molecule has 3 aromatic rings. The highest BCUT2D eigenvalue weighted by atomic mass is 32.2. The molecule has 0 radical (unpaired) electrons. The molecule has 1 aliphatic heterocycles. The second-order valence-electron chi connectivity index (χ2n) is 7.93. The standard InChI is InChI=1S/C22H25N5O5S/c1-2-25-21(23-26(22(25)28)16-17-8-4-3-5-9-17)18-12-14-24(15-13-18)33(31,32)20-11-7-6-10-19(20)27(29)30/h3-11,18H,2,12-16H2,1H3. The van der Waals surface area contributed by atoms with E-state index < -0.39 is 20.6 Å². The van der Waals surface area contributed by atoms with Gasteiger partial charge >= 0.3 is 5.69 Å². The van der Waals surface area contributed by atoms with Crippen molar-refractivity contribution in [2.45, 2.75) is 43.7 Å². The highest BCUT2D eigenvalue weighted by molar-refractivity contribution is 7.89. The summed E-state index contributed by atoms with van der Waals surface area (Å²) < 4.78 is 30.5. The molecule has 0 aliphatic carbocycles. The fourth-order valence-electron chi connectivity index (χ4n) is 4.24. The van der Waals surface area contributed by atoms with Crippen molar-refractivity contribution in [2.24, 2.45) is 0 Å². The van der Waals surface area contributed by atoms with Crippen molar-refractivity contribution < 1.29 is 13.3 Å². The number of nitrogens with zero attached hydrogens (tertiary/aromatic N) is 5. The molecule has 1 aromatic heterocycles. The van der Waals surface area contributed by atoms with E-state index in [9.17, 15) is 23.3 Å². The van der Waals surface area contributed by atoms with Crippen molar-refractivity contribution >= 4 is 15.7 Å². The van der Waals surface area contributed by atoms with Crippen molar-refractivity contribution in [3.05, 3.63) is 86.6 Å². The van der Waals surface area contributed by atoms with E-state index in [0.29, 0.717) is 31.8 Å². The lowest BCUT2D eigenvalue weighted by Crippen LogP contribution is -2.38. The van der Waals surface area contributed by atoms with Gasteiger partial charge in [-0.05, 0) is 31.4 Å². The Morgan fingerprint density at radius 3 is 2.33 bits per heavy atom. The minimum absolute atomic E-state index is 0.0770. The van der Waals surface area contributed by atoms with Crippen molar-refractivity contribution in [3.63, 3.8) is 0 Å². The third-order valence-electron chi connectivity index (χ3n) is 5.94. The summed E-state index contributed by atoms with van der Waals surface area (Å²) in [6, 6.07) is 15.0. The molecule has 2 heterocycles. The van der Waals surface area contributed by atoms with Crippen LogP contribution < -0.4 is 5.69 Å². The largest absolute Gasteiger partial charge is 0.346 e.